The maximum Gasteiger partial charge on any atom is 0.416 e. The fourth-order valence-corrected chi connectivity index (χ4v) is 2.80. The fourth-order valence-electron chi connectivity index (χ4n) is 2.80. The number of hydrogen-bond donors (Lipinski definition) is 2. The Morgan fingerprint density at radius 2 is 1.89 bits per heavy atom. The molecule has 2 heterocycles. The Morgan fingerprint density at radius 1 is 1.07 bits per heavy atom. The lowest BCUT2D eigenvalue weighted by molar-refractivity contribution is -0.138. The van der Waals surface area contributed by atoms with Crippen molar-refractivity contribution >= 4 is 17.5 Å². The van der Waals surface area contributed by atoms with Crippen LogP contribution in [0, 0.1) is 6.92 Å². The zero-order valence-electron chi connectivity index (χ0n) is 15.1. The summed E-state index contributed by atoms with van der Waals surface area (Å²) < 4.78 is 39.6. The highest BCUT2D eigenvalue weighted by Gasteiger charge is 2.32. The molecular formula is C20H18F3N5. The maximum atomic E-state index is 13.2. The highest BCUT2D eigenvalue weighted by molar-refractivity contribution is 5.67. The SMILES string of the molecule is Cc1ccc(Nc2cc(-c3cccnc3)nc(NC3CC3)n2)cc1C(F)(F)F. The van der Waals surface area contributed by atoms with Crippen molar-refractivity contribution in [1.82, 2.24) is 15.0 Å². The first-order valence-corrected chi connectivity index (χ1v) is 8.89. The predicted molar refractivity (Wildman–Crippen MR) is 101 cm³/mol. The summed E-state index contributed by atoms with van der Waals surface area (Å²) in [6, 6.07) is 9.84. The summed E-state index contributed by atoms with van der Waals surface area (Å²) in [5, 5.41) is 6.21. The third kappa shape index (κ3) is 4.21. The van der Waals surface area contributed by atoms with Crippen LogP contribution in [0.1, 0.15) is 24.0 Å². The summed E-state index contributed by atoms with van der Waals surface area (Å²) in [6.45, 7) is 1.44. The van der Waals surface area contributed by atoms with E-state index < -0.39 is 11.7 Å². The van der Waals surface area contributed by atoms with Crippen LogP contribution in [-0.2, 0) is 6.18 Å². The molecule has 8 heteroatoms. The molecule has 28 heavy (non-hydrogen) atoms. The summed E-state index contributed by atoms with van der Waals surface area (Å²) in [6.07, 6.45) is 1.04. The predicted octanol–water partition coefficient (Wildman–Crippen LogP) is 5.18. The molecule has 3 aromatic rings. The van der Waals surface area contributed by atoms with Gasteiger partial charge in [-0.25, -0.2) is 4.98 Å². The third-order valence-electron chi connectivity index (χ3n) is 4.41. The largest absolute Gasteiger partial charge is 0.416 e. The molecule has 5 nitrogen and oxygen atoms in total. The van der Waals surface area contributed by atoms with Gasteiger partial charge in [0.25, 0.3) is 0 Å². The maximum absolute atomic E-state index is 13.2. The summed E-state index contributed by atoms with van der Waals surface area (Å²) in [4.78, 5) is 13.0. The van der Waals surface area contributed by atoms with Crippen LogP contribution in [0.25, 0.3) is 11.3 Å². The van der Waals surface area contributed by atoms with Crippen LogP contribution in [0.2, 0.25) is 0 Å². The van der Waals surface area contributed by atoms with Crippen LogP contribution < -0.4 is 10.6 Å². The van der Waals surface area contributed by atoms with Gasteiger partial charge >= 0.3 is 6.18 Å². The average Bonchev–Trinajstić information content (AvgIpc) is 3.47. The van der Waals surface area contributed by atoms with E-state index in [4.69, 9.17) is 0 Å². The van der Waals surface area contributed by atoms with Crippen molar-refractivity contribution in [3.63, 3.8) is 0 Å². The number of nitrogens with zero attached hydrogens (tertiary/aromatic N) is 3. The van der Waals surface area contributed by atoms with Gasteiger partial charge < -0.3 is 10.6 Å². The lowest BCUT2D eigenvalue weighted by Crippen LogP contribution is -2.09. The van der Waals surface area contributed by atoms with Gasteiger partial charge in [0, 0.05) is 35.8 Å². The molecule has 0 atom stereocenters. The van der Waals surface area contributed by atoms with Gasteiger partial charge in [-0.15, -0.1) is 0 Å². The minimum atomic E-state index is -4.41. The molecule has 2 N–H and O–H groups in total. The van der Waals surface area contributed by atoms with E-state index in [9.17, 15) is 13.2 Å². The fraction of sp³-hybridized carbons (Fsp3) is 0.250. The molecule has 1 fully saturated rings. The smallest absolute Gasteiger partial charge is 0.351 e. The summed E-state index contributed by atoms with van der Waals surface area (Å²) in [7, 11) is 0. The summed E-state index contributed by atoms with van der Waals surface area (Å²) in [5.41, 5.74) is 1.25. The molecule has 1 aromatic carbocycles. The van der Waals surface area contributed by atoms with Gasteiger partial charge in [-0.1, -0.05) is 6.07 Å². The molecule has 0 aliphatic heterocycles. The van der Waals surface area contributed by atoms with E-state index in [1.807, 2.05) is 6.07 Å². The number of halogens is 3. The Morgan fingerprint density at radius 3 is 2.57 bits per heavy atom. The van der Waals surface area contributed by atoms with Crippen LogP contribution in [0.3, 0.4) is 0 Å². The van der Waals surface area contributed by atoms with E-state index in [-0.39, 0.29) is 5.56 Å². The van der Waals surface area contributed by atoms with Crippen molar-refractivity contribution in [2.24, 2.45) is 0 Å². The minimum absolute atomic E-state index is 0.174. The first kappa shape index (κ1) is 18.2. The number of anilines is 3. The van der Waals surface area contributed by atoms with Gasteiger partial charge in [-0.2, -0.15) is 18.2 Å². The van der Waals surface area contributed by atoms with Crippen LogP contribution in [-0.4, -0.2) is 21.0 Å². The highest BCUT2D eigenvalue weighted by Crippen LogP contribution is 2.34. The van der Waals surface area contributed by atoms with Crippen LogP contribution in [0.5, 0.6) is 0 Å². The Labute approximate surface area is 160 Å². The second-order valence-electron chi connectivity index (χ2n) is 6.77. The van der Waals surface area contributed by atoms with Crippen molar-refractivity contribution in [1.29, 1.82) is 0 Å². The van der Waals surface area contributed by atoms with Gasteiger partial charge in [-0.3, -0.25) is 4.98 Å². The summed E-state index contributed by atoms with van der Waals surface area (Å²) >= 11 is 0. The standard InChI is InChI=1S/C20H18F3N5/c1-12-4-5-15(9-16(12)20(21,22)23)25-18-10-17(13-3-2-8-24-11-13)27-19(28-18)26-14-6-7-14/h2-5,8-11,14H,6-7H2,1H3,(H2,25,26,27,28). The number of benzene rings is 1. The quantitative estimate of drug-likeness (QED) is 0.633. The van der Waals surface area contributed by atoms with Gasteiger partial charge in [0.05, 0.1) is 11.3 Å². The number of aromatic nitrogens is 3. The molecule has 0 saturated heterocycles. The summed E-state index contributed by atoms with van der Waals surface area (Å²) in [5.74, 6) is 0.850. The molecule has 0 unspecified atom stereocenters. The second kappa shape index (κ2) is 7.10. The Hall–Kier alpha value is -3.16. The Balaban J connectivity index is 1.69. The second-order valence-corrected chi connectivity index (χ2v) is 6.77. The number of aryl methyl sites for hydroxylation is 1. The normalized spacial score (nSPS) is 14.0. The highest BCUT2D eigenvalue weighted by atomic mass is 19.4. The minimum Gasteiger partial charge on any atom is -0.351 e. The lowest BCUT2D eigenvalue weighted by atomic mass is 10.1. The number of hydrogen-bond acceptors (Lipinski definition) is 5. The molecule has 1 saturated carbocycles. The molecular weight excluding hydrogens is 367 g/mol. The van der Waals surface area contributed by atoms with Gasteiger partial charge in [0.2, 0.25) is 5.95 Å². The zero-order chi connectivity index (χ0) is 19.7. The number of alkyl halides is 3. The number of pyridine rings is 1. The number of rotatable bonds is 5. The molecule has 0 radical (unpaired) electrons. The number of nitrogens with one attached hydrogen (secondary N) is 2. The molecule has 2 aromatic heterocycles. The monoisotopic (exact) mass is 385 g/mol. The topological polar surface area (TPSA) is 62.7 Å². The lowest BCUT2D eigenvalue weighted by Gasteiger charge is -2.14. The van der Waals surface area contributed by atoms with E-state index in [1.165, 1.54) is 13.0 Å². The van der Waals surface area contributed by atoms with E-state index in [0.29, 0.717) is 29.2 Å². The van der Waals surface area contributed by atoms with Crippen LogP contribution in [0.4, 0.5) is 30.6 Å². The first-order chi connectivity index (χ1) is 13.4. The van der Waals surface area contributed by atoms with Crippen molar-refractivity contribution < 1.29 is 13.2 Å². The zero-order valence-corrected chi connectivity index (χ0v) is 15.1. The van der Waals surface area contributed by atoms with E-state index in [1.54, 1.807) is 30.6 Å². The Kier molecular flexibility index (Phi) is 4.62. The van der Waals surface area contributed by atoms with E-state index in [0.717, 1.165) is 24.5 Å². The molecule has 0 bridgehead atoms. The van der Waals surface area contributed by atoms with Crippen molar-refractivity contribution in [2.45, 2.75) is 32.0 Å². The van der Waals surface area contributed by atoms with E-state index >= 15 is 0 Å². The molecule has 1 aliphatic carbocycles. The molecule has 4 rings (SSSR count). The van der Waals surface area contributed by atoms with Crippen molar-refractivity contribution in [2.75, 3.05) is 10.6 Å². The van der Waals surface area contributed by atoms with Gasteiger partial charge in [-0.05, 0) is 49.6 Å². The third-order valence-corrected chi connectivity index (χ3v) is 4.41. The molecule has 0 amide bonds. The molecule has 0 spiro atoms. The Bertz CT molecular complexity index is 985. The van der Waals surface area contributed by atoms with Crippen molar-refractivity contribution in [3.05, 3.63) is 59.9 Å². The van der Waals surface area contributed by atoms with E-state index in [2.05, 4.69) is 25.6 Å². The van der Waals surface area contributed by atoms with Crippen LogP contribution in [0.15, 0.2) is 48.8 Å². The average molecular weight is 385 g/mol. The first-order valence-electron chi connectivity index (χ1n) is 8.89. The van der Waals surface area contributed by atoms with Crippen LogP contribution >= 0.6 is 0 Å². The molecule has 144 valence electrons. The molecule has 1 aliphatic rings. The van der Waals surface area contributed by atoms with Crippen molar-refractivity contribution in [3.8, 4) is 11.3 Å². The van der Waals surface area contributed by atoms with Gasteiger partial charge in [0.15, 0.2) is 0 Å². The van der Waals surface area contributed by atoms with Gasteiger partial charge in [0.1, 0.15) is 5.82 Å².